The molecule has 0 aliphatic heterocycles. The number of hydrogen-bond donors (Lipinski definition) is 1. The first-order chi connectivity index (χ1) is 16.0. The summed E-state index contributed by atoms with van der Waals surface area (Å²) in [5, 5.41) is 6.83. The van der Waals surface area contributed by atoms with Crippen LogP contribution in [0.3, 0.4) is 0 Å². The second-order valence-corrected chi connectivity index (χ2v) is 7.39. The van der Waals surface area contributed by atoms with Crippen molar-refractivity contribution in [2.45, 2.75) is 20.8 Å². The quantitative estimate of drug-likeness (QED) is 0.415. The maximum Gasteiger partial charge on any atom is 0.263 e. The van der Waals surface area contributed by atoms with Crippen molar-refractivity contribution in [2.24, 2.45) is 0 Å². The lowest BCUT2D eigenvalue weighted by Gasteiger charge is -2.13. The highest BCUT2D eigenvalue weighted by molar-refractivity contribution is 5.91. The number of carbonyl (C=O) groups excluding carboxylic acids is 1. The number of rotatable bonds is 8. The third kappa shape index (κ3) is 5.35. The summed E-state index contributed by atoms with van der Waals surface area (Å²) in [5.41, 5.74) is 3.58. The number of amides is 1. The van der Waals surface area contributed by atoms with Gasteiger partial charge in [-0.15, -0.1) is 0 Å². The zero-order chi connectivity index (χ0) is 23.2. The summed E-state index contributed by atoms with van der Waals surface area (Å²) in [6, 6.07) is 16.8. The average molecular weight is 444 g/mol. The normalized spacial score (nSPS) is 10.6. The number of anilines is 1. The molecule has 168 valence electrons. The van der Waals surface area contributed by atoms with Gasteiger partial charge >= 0.3 is 0 Å². The van der Waals surface area contributed by atoms with Gasteiger partial charge in [-0.1, -0.05) is 28.9 Å². The van der Waals surface area contributed by atoms with Gasteiger partial charge in [0.2, 0.25) is 5.82 Å². The van der Waals surface area contributed by atoms with Gasteiger partial charge in [0, 0.05) is 17.3 Å². The van der Waals surface area contributed by atoms with Crippen LogP contribution in [0.2, 0.25) is 0 Å². The predicted octanol–water partition coefficient (Wildman–Crippen LogP) is 4.83. The van der Waals surface area contributed by atoms with Crippen LogP contribution in [-0.4, -0.2) is 34.2 Å². The van der Waals surface area contributed by atoms with Crippen LogP contribution in [-0.2, 0) is 4.79 Å². The fourth-order valence-electron chi connectivity index (χ4n) is 3.12. The first-order valence-corrected chi connectivity index (χ1v) is 10.6. The Kier molecular flexibility index (Phi) is 6.64. The van der Waals surface area contributed by atoms with E-state index < -0.39 is 0 Å². The topological polar surface area (TPSA) is 99.4 Å². The van der Waals surface area contributed by atoms with Gasteiger partial charge in [0.05, 0.1) is 6.61 Å². The molecule has 4 aromatic rings. The van der Waals surface area contributed by atoms with Gasteiger partial charge in [-0.25, -0.2) is 4.98 Å². The Hall–Kier alpha value is -4.20. The van der Waals surface area contributed by atoms with Crippen molar-refractivity contribution in [3.05, 3.63) is 71.9 Å². The van der Waals surface area contributed by atoms with Gasteiger partial charge < -0.3 is 19.3 Å². The van der Waals surface area contributed by atoms with E-state index in [4.69, 9.17) is 14.0 Å². The average Bonchev–Trinajstić information content (AvgIpc) is 3.31. The summed E-state index contributed by atoms with van der Waals surface area (Å²) in [6.45, 7) is 6.01. The Bertz CT molecular complexity index is 1250. The highest BCUT2D eigenvalue weighted by Crippen LogP contribution is 2.32. The monoisotopic (exact) mass is 444 g/mol. The Morgan fingerprint density at radius 2 is 1.79 bits per heavy atom. The minimum Gasteiger partial charge on any atom is -0.490 e. The predicted molar refractivity (Wildman–Crippen MR) is 124 cm³/mol. The van der Waals surface area contributed by atoms with E-state index >= 15 is 0 Å². The first kappa shape index (κ1) is 22.0. The first-order valence-electron chi connectivity index (χ1n) is 10.6. The lowest BCUT2D eigenvalue weighted by molar-refractivity contribution is -0.118. The van der Waals surface area contributed by atoms with Crippen molar-refractivity contribution < 1.29 is 18.8 Å². The number of aryl methyl sites for hydroxylation is 2. The van der Waals surface area contributed by atoms with Crippen molar-refractivity contribution in [1.29, 1.82) is 0 Å². The molecule has 8 nitrogen and oxygen atoms in total. The molecule has 0 atom stereocenters. The summed E-state index contributed by atoms with van der Waals surface area (Å²) in [7, 11) is 0. The highest BCUT2D eigenvalue weighted by Gasteiger charge is 2.15. The highest BCUT2D eigenvalue weighted by atomic mass is 16.5. The van der Waals surface area contributed by atoms with Crippen LogP contribution in [0.1, 0.15) is 18.1 Å². The summed E-state index contributed by atoms with van der Waals surface area (Å²) < 4.78 is 16.9. The minimum atomic E-state index is -0.316. The van der Waals surface area contributed by atoms with Gasteiger partial charge in [0.1, 0.15) is 5.82 Å². The van der Waals surface area contributed by atoms with Gasteiger partial charge in [-0.2, -0.15) is 4.98 Å². The Labute approximate surface area is 191 Å². The Balaban J connectivity index is 1.48. The zero-order valence-electron chi connectivity index (χ0n) is 18.7. The molecular formula is C25H24N4O4. The van der Waals surface area contributed by atoms with Crippen molar-refractivity contribution in [3.8, 4) is 34.3 Å². The van der Waals surface area contributed by atoms with Gasteiger partial charge in [0.15, 0.2) is 18.1 Å². The van der Waals surface area contributed by atoms with Crippen molar-refractivity contribution in [1.82, 2.24) is 15.1 Å². The van der Waals surface area contributed by atoms with Crippen molar-refractivity contribution in [3.63, 3.8) is 0 Å². The molecule has 2 aromatic carbocycles. The lowest BCUT2D eigenvalue weighted by Crippen LogP contribution is -2.21. The van der Waals surface area contributed by atoms with Crippen LogP contribution < -0.4 is 14.8 Å². The summed E-state index contributed by atoms with van der Waals surface area (Å²) in [5.74, 6) is 1.98. The smallest absolute Gasteiger partial charge is 0.263 e. The Morgan fingerprint density at radius 3 is 2.55 bits per heavy atom. The maximum atomic E-state index is 12.3. The Morgan fingerprint density at radius 1 is 1.00 bits per heavy atom. The van der Waals surface area contributed by atoms with E-state index in [1.807, 2.05) is 57.2 Å². The standard InChI is InChI=1S/C25H24N4O4/c1-4-31-21-14-19(24-28-25(33-29-24)18-9-7-16(2)8-10-18)11-12-20(21)32-15-22(30)27-23-17(3)6-5-13-26-23/h5-14H,4,15H2,1-3H3,(H,26,27,30). The van der Waals surface area contributed by atoms with E-state index in [0.717, 1.165) is 16.7 Å². The van der Waals surface area contributed by atoms with Crippen LogP contribution in [0.25, 0.3) is 22.8 Å². The fraction of sp³-hybridized carbons (Fsp3) is 0.200. The number of nitrogens with zero attached hydrogens (tertiary/aromatic N) is 3. The number of pyridine rings is 1. The van der Waals surface area contributed by atoms with E-state index in [-0.39, 0.29) is 12.5 Å². The molecule has 1 N–H and O–H groups in total. The maximum absolute atomic E-state index is 12.3. The van der Waals surface area contributed by atoms with Crippen LogP contribution >= 0.6 is 0 Å². The molecular weight excluding hydrogens is 420 g/mol. The van der Waals surface area contributed by atoms with Gasteiger partial charge in [0.25, 0.3) is 11.8 Å². The van der Waals surface area contributed by atoms with Gasteiger partial charge in [-0.05, 0) is 62.7 Å². The van der Waals surface area contributed by atoms with Crippen molar-refractivity contribution in [2.75, 3.05) is 18.5 Å². The van der Waals surface area contributed by atoms with E-state index in [1.54, 1.807) is 24.4 Å². The summed E-state index contributed by atoms with van der Waals surface area (Å²) >= 11 is 0. The molecule has 0 saturated heterocycles. The SMILES string of the molecule is CCOc1cc(-c2noc(-c3ccc(C)cc3)n2)ccc1OCC(=O)Nc1ncccc1C. The van der Waals surface area contributed by atoms with Gasteiger partial charge in [-0.3, -0.25) is 4.79 Å². The van der Waals surface area contributed by atoms with E-state index in [1.165, 1.54) is 0 Å². The number of hydrogen-bond acceptors (Lipinski definition) is 7. The number of carbonyl (C=O) groups is 1. The number of ether oxygens (including phenoxy) is 2. The third-order valence-electron chi connectivity index (χ3n) is 4.85. The molecule has 0 unspecified atom stereocenters. The molecule has 2 aromatic heterocycles. The molecule has 0 radical (unpaired) electrons. The number of benzene rings is 2. The minimum absolute atomic E-state index is 0.185. The summed E-state index contributed by atoms with van der Waals surface area (Å²) in [4.78, 5) is 21.0. The van der Waals surface area contributed by atoms with E-state index in [0.29, 0.717) is 41.2 Å². The third-order valence-corrected chi connectivity index (χ3v) is 4.85. The molecule has 4 rings (SSSR count). The zero-order valence-corrected chi connectivity index (χ0v) is 18.7. The lowest BCUT2D eigenvalue weighted by atomic mass is 10.1. The molecule has 0 bridgehead atoms. The second-order valence-electron chi connectivity index (χ2n) is 7.39. The number of nitrogens with one attached hydrogen (secondary N) is 1. The van der Waals surface area contributed by atoms with Crippen LogP contribution in [0.15, 0.2) is 65.3 Å². The molecule has 0 aliphatic rings. The molecule has 0 fully saturated rings. The number of aromatic nitrogens is 3. The molecule has 1 amide bonds. The van der Waals surface area contributed by atoms with Crippen LogP contribution in [0.4, 0.5) is 5.82 Å². The molecule has 0 aliphatic carbocycles. The van der Waals surface area contributed by atoms with E-state index in [9.17, 15) is 4.79 Å². The molecule has 0 spiro atoms. The molecule has 8 heteroatoms. The molecule has 33 heavy (non-hydrogen) atoms. The van der Waals surface area contributed by atoms with Crippen LogP contribution in [0.5, 0.6) is 11.5 Å². The largest absolute Gasteiger partial charge is 0.490 e. The molecule has 2 heterocycles. The molecule has 0 saturated carbocycles. The van der Waals surface area contributed by atoms with Crippen LogP contribution in [0, 0.1) is 13.8 Å². The summed E-state index contributed by atoms with van der Waals surface area (Å²) in [6.07, 6.45) is 1.62. The second kappa shape index (κ2) is 9.95. The fourth-order valence-corrected chi connectivity index (χ4v) is 3.12. The van der Waals surface area contributed by atoms with Crippen molar-refractivity contribution >= 4 is 11.7 Å². The van der Waals surface area contributed by atoms with E-state index in [2.05, 4.69) is 20.4 Å².